The van der Waals surface area contributed by atoms with Crippen molar-refractivity contribution >= 4 is 23.6 Å². The molecular weight excluding hydrogens is 921 g/mol. The number of unbranched alkanes of at least 4 members (excludes halogenated alkanes) is 1. The number of likely N-dealkylation sites (tertiary alicyclic amines) is 2. The minimum absolute atomic E-state index is 0.0117. The van der Waals surface area contributed by atoms with E-state index in [1.54, 1.807) is 39.3 Å². The van der Waals surface area contributed by atoms with Crippen LogP contribution in [-0.4, -0.2) is 106 Å². The predicted octanol–water partition coefficient (Wildman–Crippen LogP) is 7.64. The second-order valence-corrected chi connectivity index (χ2v) is 19.6. The maximum atomic E-state index is 14.1. The highest BCUT2D eigenvalue weighted by Crippen LogP contribution is 2.44. The molecule has 73 heavy (non-hydrogen) atoms. The molecule has 2 saturated heterocycles. The number of ether oxygens (including phenoxy) is 3. The van der Waals surface area contributed by atoms with E-state index in [4.69, 9.17) is 14.2 Å². The van der Waals surface area contributed by atoms with E-state index >= 15 is 0 Å². The van der Waals surface area contributed by atoms with Crippen LogP contribution in [-0.2, 0) is 60.7 Å². The zero-order chi connectivity index (χ0) is 51.0. The van der Waals surface area contributed by atoms with Crippen molar-refractivity contribution in [2.75, 3.05) is 40.5 Å². The van der Waals surface area contributed by atoms with Gasteiger partial charge in [-0.3, -0.25) is 19.2 Å². The van der Waals surface area contributed by atoms with Crippen molar-refractivity contribution in [3.8, 4) is 11.5 Å². The van der Waals surface area contributed by atoms with Crippen LogP contribution in [0.1, 0.15) is 91.9 Å². The molecule has 4 N–H and O–H groups in total. The molecule has 0 bridgehead atoms. The highest BCUT2D eigenvalue weighted by molar-refractivity contribution is 5.90. The van der Waals surface area contributed by atoms with Crippen LogP contribution in [0.15, 0.2) is 134 Å². The van der Waals surface area contributed by atoms with Crippen LogP contribution < -0.4 is 20.1 Å². The molecule has 3 aliphatic rings. The molecule has 3 fully saturated rings. The standard InChI is InChI=1S/C29H34N4O4.C29H36N4O3/c1-36-25-12-9-21(10-13-25)17-26(32-27(34)14-11-24-18-30-20-31-24)28(35)33-16-15-29(33,37-19-22-7-8-22)23-5-3-2-4-6-23;1-3-4-16-29(23-8-6-5-7-9-23)19-33(20-29)28(35)26(17-22-10-13-25(36-2)14-11-22)32-27(34)15-12-24-18-30-21-31-24/h2-6,9-10,12-13,18,20,22,26H,7-8,11,14-17,19H2,1H3,(H,30,31)(H,32,34);5-11,13-14,18,21,26H,3-4,12,15-17,19-20H2,1-2H3,(H,30,31)(H,32,34)/t26-,29+;26-/m11/s1. The molecule has 3 atom stereocenters. The SMILES string of the molecule is CCCCC1(c2ccccc2)CN(C(=O)[C@@H](Cc2ccc(OC)cc2)NC(=O)CCc2cnc[nH]2)C1.COc1ccc(C[C@@H](NC(=O)CCc2cnc[nH]2)C(=O)N2CC[C@]2(OCC2CC2)c2ccccc2)cc1. The number of carbonyl (C=O) groups is 4. The first-order chi connectivity index (χ1) is 35.6. The Morgan fingerprint density at radius 2 is 1.19 bits per heavy atom. The first kappa shape index (κ1) is 52.1. The normalized spacial score (nSPS) is 17.4. The summed E-state index contributed by atoms with van der Waals surface area (Å²) >= 11 is 0. The topological polar surface area (TPSA) is 184 Å². The zero-order valence-electron chi connectivity index (χ0n) is 42.4. The summed E-state index contributed by atoms with van der Waals surface area (Å²) in [4.78, 5) is 71.3. The van der Waals surface area contributed by atoms with E-state index in [9.17, 15) is 19.2 Å². The number of aromatic nitrogens is 4. The van der Waals surface area contributed by atoms with Crippen LogP contribution in [0.5, 0.6) is 11.5 Å². The zero-order valence-corrected chi connectivity index (χ0v) is 42.4. The molecule has 4 amide bonds. The number of rotatable bonds is 24. The monoisotopic (exact) mass is 991 g/mol. The number of nitrogens with zero attached hydrogens (tertiary/aromatic N) is 4. The van der Waals surface area contributed by atoms with Gasteiger partial charge in [0.05, 0.1) is 33.5 Å². The first-order valence-electron chi connectivity index (χ1n) is 25.7. The molecule has 0 unspecified atom stereocenters. The molecule has 0 spiro atoms. The van der Waals surface area contributed by atoms with Gasteiger partial charge >= 0.3 is 0 Å². The predicted molar refractivity (Wildman–Crippen MR) is 278 cm³/mol. The van der Waals surface area contributed by atoms with Crippen molar-refractivity contribution < 1.29 is 33.4 Å². The smallest absolute Gasteiger partial charge is 0.248 e. The molecule has 4 heterocycles. The quantitative estimate of drug-likeness (QED) is 0.0474. The van der Waals surface area contributed by atoms with Gasteiger partial charge in [0.2, 0.25) is 23.6 Å². The Balaban J connectivity index is 0.000000195. The molecule has 9 rings (SSSR count). The van der Waals surface area contributed by atoms with E-state index < -0.39 is 17.8 Å². The summed E-state index contributed by atoms with van der Waals surface area (Å²) < 4.78 is 17.0. The van der Waals surface area contributed by atoms with Gasteiger partial charge in [0, 0.05) is 86.5 Å². The summed E-state index contributed by atoms with van der Waals surface area (Å²) in [5.74, 6) is 1.60. The fraction of sp³-hybridized carbons (Fsp3) is 0.414. The van der Waals surface area contributed by atoms with Crippen molar-refractivity contribution in [2.45, 2.75) is 107 Å². The first-order valence-corrected chi connectivity index (χ1v) is 25.7. The van der Waals surface area contributed by atoms with E-state index in [1.807, 2.05) is 94.7 Å². The average Bonchev–Trinajstić information content (AvgIpc) is 3.79. The lowest BCUT2D eigenvalue weighted by molar-refractivity contribution is -0.229. The third-order valence-corrected chi connectivity index (χ3v) is 14.4. The number of nitrogens with one attached hydrogen (secondary N) is 4. The largest absolute Gasteiger partial charge is 0.497 e. The molecule has 4 aromatic carbocycles. The molecule has 0 radical (unpaired) electrons. The van der Waals surface area contributed by atoms with Crippen LogP contribution in [0.2, 0.25) is 0 Å². The van der Waals surface area contributed by atoms with Gasteiger partial charge in [0.1, 0.15) is 23.6 Å². The molecule has 15 nitrogen and oxygen atoms in total. The number of amides is 4. The van der Waals surface area contributed by atoms with Crippen molar-refractivity contribution in [3.63, 3.8) is 0 Å². The maximum Gasteiger partial charge on any atom is 0.248 e. The lowest BCUT2D eigenvalue weighted by Crippen LogP contribution is -2.65. The molecule has 2 aromatic heterocycles. The number of carbonyl (C=O) groups excluding carboxylic acids is 4. The fourth-order valence-corrected chi connectivity index (χ4v) is 9.79. The van der Waals surface area contributed by atoms with Crippen molar-refractivity contribution in [1.29, 1.82) is 0 Å². The van der Waals surface area contributed by atoms with Crippen LogP contribution in [0.4, 0.5) is 0 Å². The van der Waals surface area contributed by atoms with Crippen molar-refractivity contribution in [3.05, 3.63) is 168 Å². The summed E-state index contributed by atoms with van der Waals surface area (Å²) in [6, 6.07) is 34.4. The van der Waals surface area contributed by atoms with Crippen LogP contribution in [0.25, 0.3) is 0 Å². The number of hydrogen-bond acceptors (Lipinski definition) is 9. The van der Waals surface area contributed by atoms with Gasteiger partial charge in [-0.1, -0.05) is 105 Å². The van der Waals surface area contributed by atoms with Gasteiger partial charge < -0.3 is 44.6 Å². The summed E-state index contributed by atoms with van der Waals surface area (Å²) in [5, 5.41) is 6.04. The second kappa shape index (κ2) is 24.9. The average molecular weight is 991 g/mol. The van der Waals surface area contributed by atoms with Crippen LogP contribution >= 0.6 is 0 Å². The second-order valence-electron chi connectivity index (χ2n) is 19.6. The lowest BCUT2D eigenvalue weighted by Gasteiger charge is -2.53. The van der Waals surface area contributed by atoms with Gasteiger partial charge in [0.15, 0.2) is 5.72 Å². The molecule has 1 saturated carbocycles. The third-order valence-electron chi connectivity index (χ3n) is 14.4. The Bertz CT molecular complexity index is 2660. The Morgan fingerprint density at radius 1 is 0.685 bits per heavy atom. The lowest BCUT2D eigenvalue weighted by atomic mass is 9.70. The number of aromatic amines is 2. The number of aryl methyl sites for hydroxylation is 2. The van der Waals surface area contributed by atoms with E-state index in [0.29, 0.717) is 64.3 Å². The molecular formula is C58H70N8O7. The third kappa shape index (κ3) is 13.6. The molecule has 2 aliphatic heterocycles. The number of methoxy groups -OCH3 is 2. The Labute approximate surface area is 428 Å². The Hall–Kier alpha value is -7.26. The maximum absolute atomic E-state index is 14.1. The van der Waals surface area contributed by atoms with Gasteiger partial charge in [0.25, 0.3) is 0 Å². The van der Waals surface area contributed by atoms with Gasteiger partial charge in [-0.25, -0.2) is 9.97 Å². The van der Waals surface area contributed by atoms with E-state index in [0.717, 1.165) is 65.3 Å². The minimum Gasteiger partial charge on any atom is -0.497 e. The summed E-state index contributed by atoms with van der Waals surface area (Å²) in [7, 11) is 3.25. The summed E-state index contributed by atoms with van der Waals surface area (Å²) in [5.41, 5.74) is 5.16. The van der Waals surface area contributed by atoms with Crippen LogP contribution in [0, 0.1) is 5.92 Å². The molecule has 384 valence electrons. The van der Waals surface area contributed by atoms with Crippen molar-refractivity contribution in [1.82, 2.24) is 40.4 Å². The van der Waals surface area contributed by atoms with Gasteiger partial charge in [-0.2, -0.15) is 0 Å². The summed E-state index contributed by atoms with van der Waals surface area (Å²) in [6.07, 6.45) is 15.4. The number of hydrogen-bond donors (Lipinski definition) is 4. The number of H-pyrrole nitrogens is 2. The van der Waals surface area contributed by atoms with Gasteiger partial charge in [-0.15, -0.1) is 0 Å². The highest BCUT2D eigenvalue weighted by Gasteiger charge is 2.52. The molecule has 1 aliphatic carbocycles. The number of benzene rings is 4. The van der Waals surface area contributed by atoms with Crippen molar-refractivity contribution in [2.24, 2.45) is 5.92 Å². The molecule has 6 aromatic rings. The fourth-order valence-electron chi connectivity index (χ4n) is 9.79. The van der Waals surface area contributed by atoms with Gasteiger partial charge in [-0.05, 0) is 79.0 Å². The van der Waals surface area contributed by atoms with E-state index in [1.165, 1.54) is 18.4 Å². The Morgan fingerprint density at radius 3 is 1.63 bits per heavy atom. The molecule has 15 heteroatoms. The Kier molecular flexibility index (Phi) is 17.8. The highest BCUT2D eigenvalue weighted by atomic mass is 16.5. The summed E-state index contributed by atoms with van der Waals surface area (Å²) in [6.45, 7) is 4.78. The van der Waals surface area contributed by atoms with E-state index in [-0.39, 0.29) is 35.5 Å². The number of imidazole rings is 2. The minimum atomic E-state index is -0.792. The van der Waals surface area contributed by atoms with E-state index in [2.05, 4.69) is 61.8 Å². The van der Waals surface area contributed by atoms with Crippen LogP contribution in [0.3, 0.4) is 0 Å².